The van der Waals surface area contributed by atoms with Crippen molar-refractivity contribution in [1.82, 2.24) is 10.3 Å². The van der Waals surface area contributed by atoms with Crippen LogP contribution in [0.15, 0.2) is 10.9 Å². The fourth-order valence-electron chi connectivity index (χ4n) is 0.654. The van der Waals surface area contributed by atoms with E-state index in [1.165, 1.54) is 11.3 Å². The summed E-state index contributed by atoms with van der Waals surface area (Å²) in [5.74, 6) is -0.0758. The second-order valence-electron chi connectivity index (χ2n) is 2.13. The summed E-state index contributed by atoms with van der Waals surface area (Å²) in [6, 6.07) is 0. The average molecular weight is 170 g/mol. The summed E-state index contributed by atoms with van der Waals surface area (Å²) < 4.78 is 0. The van der Waals surface area contributed by atoms with Gasteiger partial charge in [-0.2, -0.15) is 0 Å². The molecule has 0 aromatic carbocycles. The Balaban J connectivity index is 2.43. The van der Waals surface area contributed by atoms with Crippen molar-refractivity contribution in [2.24, 2.45) is 0 Å². The molecule has 3 nitrogen and oxygen atoms in total. The minimum Gasteiger partial charge on any atom is -0.351 e. The predicted molar refractivity (Wildman–Crippen MR) is 44.7 cm³/mol. The summed E-state index contributed by atoms with van der Waals surface area (Å²) in [4.78, 5) is 15.0. The van der Waals surface area contributed by atoms with Gasteiger partial charge in [-0.15, -0.1) is 11.3 Å². The van der Waals surface area contributed by atoms with E-state index in [4.69, 9.17) is 0 Å². The average Bonchev–Trinajstić information content (AvgIpc) is 2.52. The predicted octanol–water partition coefficient (Wildman–Crippen LogP) is 1.28. The lowest BCUT2D eigenvalue weighted by atomic mass is 10.4. The molecule has 60 valence electrons. The molecule has 1 amide bonds. The number of carbonyl (C=O) groups is 1. The molecule has 0 aliphatic rings. The lowest BCUT2D eigenvalue weighted by molar-refractivity contribution is 0.0949. The molecular weight excluding hydrogens is 160 g/mol. The maximum atomic E-state index is 11.1. The summed E-state index contributed by atoms with van der Waals surface area (Å²) >= 11 is 1.43. The minimum atomic E-state index is -0.0758. The van der Waals surface area contributed by atoms with E-state index in [0.717, 1.165) is 13.0 Å². The Hall–Kier alpha value is -0.900. The first-order valence-corrected chi connectivity index (χ1v) is 4.45. The number of amides is 1. The molecule has 0 spiro atoms. The first kappa shape index (κ1) is 8.20. The van der Waals surface area contributed by atoms with E-state index in [0.29, 0.717) is 5.69 Å². The van der Waals surface area contributed by atoms with E-state index in [-0.39, 0.29) is 5.91 Å². The van der Waals surface area contributed by atoms with Crippen molar-refractivity contribution in [2.45, 2.75) is 13.3 Å². The van der Waals surface area contributed by atoms with Gasteiger partial charge in [-0.25, -0.2) is 4.98 Å². The number of thiazole rings is 1. The summed E-state index contributed by atoms with van der Waals surface area (Å²) in [6.45, 7) is 2.73. The van der Waals surface area contributed by atoms with Crippen LogP contribution in [0.1, 0.15) is 23.8 Å². The van der Waals surface area contributed by atoms with Gasteiger partial charge in [0.25, 0.3) is 5.91 Å². The van der Waals surface area contributed by atoms with E-state index in [1.54, 1.807) is 10.9 Å². The maximum Gasteiger partial charge on any atom is 0.270 e. The molecule has 0 radical (unpaired) electrons. The van der Waals surface area contributed by atoms with Gasteiger partial charge in [-0.05, 0) is 6.42 Å². The lowest BCUT2D eigenvalue weighted by Gasteiger charge is -1.98. The highest BCUT2D eigenvalue weighted by Gasteiger charge is 2.04. The molecule has 0 saturated carbocycles. The quantitative estimate of drug-likeness (QED) is 0.742. The molecule has 1 rings (SSSR count). The van der Waals surface area contributed by atoms with Gasteiger partial charge in [0, 0.05) is 11.9 Å². The monoisotopic (exact) mass is 170 g/mol. The van der Waals surface area contributed by atoms with E-state index in [9.17, 15) is 4.79 Å². The van der Waals surface area contributed by atoms with Crippen molar-refractivity contribution >= 4 is 17.2 Å². The zero-order chi connectivity index (χ0) is 8.10. The van der Waals surface area contributed by atoms with Crippen molar-refractivity contribution in [3.8, 4) is 0 Å². The fraction of sp³-hybridized carbons (Fsp3) is 0.429. The van der Waals surface area contributed by atoms with Gasteiger partial charge in [0.2, 0.25) is 0 Å². The molecular formula is C7H10N2OS. The fourth-order valence-corrected chi connectivity index (χ4v) is 1.19. The highest BCUT2D eigenvalue weighted by Crippen LogP contribution is 1.99. The van der Waals surface area contributed by atoms with E-state index >= 15 is 0 Å². The van der Waals surface area contributed by atoms with Crippen molar-refractivity contribution in [3.05, 3.63) is 16.6 Å². The molecule has 1 N–H and O–H groups in total. The zero-order valence-corrected chi connectivity index (χ0v) is 7.15. The number of nitrogens with zero attached hydrogens (tertiary/aromatic N) is 1. The number of nitrogens with one attached hydrogen (secondary N) is 1. The zero-order valence-electron chi connectivity index (χ0n) is 6.33. The van der Waals surface area contributed by atoms with Crippen molar-refractivity contribution in [3.63, 3.8) is 0 Å². The Labute approximate surface area is 69.5 Å². The van der Waals surface area contributed by atoms with Crippen molar-refractivity contribution in [2.75, 3.05) is 6.54 Å². The van der Waals surface area contributed by atoms with Crippen molar-refractivity contribution in [1.29, 1.82) is 0 Å². The molecule has 0 fully saturated rings. The normalized spacial score (nSPS) is 9.55. The van der Waals surface area contributed by atoms with Crippen LogP contribution in [0.4, 0.5) is 0 Å². The second kappa shape index (κ2) is 4.08. The smallest absolute Gasteiger partial charge is 0.270 e. The van der Waals surface area contributed by atoms with Gasteiger partial charge in [0.05, 0.1) is 5.51 Å². The Morgan fingerprint density at radius 3 is 3.18 bits per heavy atom. The summed E-state index contributed by atoms with van der Waals surface area (Å²) in [5.41, 5.74) is 2.17. The highest BCUT2D eigenvalue weighted by atomic mass is 32.1. The Morgan fingerprint density at radius 2 is 2.64 bits per heavy atom. The maximum absolute atomic E-state index is 11.1. The van der Waals surface area contributed by atoms with Crippen LogP contribution in [0.25, 0.3) is 0 Å². The molecule has 4 heteroatoms. The molecule has 1 aromatic rings. The first-order valence-electron chi connectivity index (χ1n) is 3.51. The van der Waals surface area contributed by atoms with Gasteiger partial charge in [0.1, 0.15) is 5.69 Å². The summed E-state index contributed by atoms with van der Waals surface area (Å²) in [5, 5.41) is 4.48. The molecule has 0 atom stereocenters. The Bertz CT molecular complexity index is 220. The van der Waals surface area contributed by atoms with Crippen LogP contribution >= 0.6 is 11.3 Å². The second-order valence-corrected chi connectivity index (χ2v) is 2.85. The van der Waals surface area contributed by atoms with Crippen LogP contribution in [0.2, 0.25) is 0 Å². The Morgan fingerprint density at radius 1 is 1.82 bits per heavy atom. The summed E-state index contributed by atoms with van der Waals surface area (Å²) in [7, 11) is 0. The van der Waals surface area contributed by atoms with E-state index in [1.807, 2.05) is 6.92 Å². The minimum absolute atomic E-state index is 0.0758. The molecule has 0 unspecified atom stereocenters. The van der Waals surface area contributed by atoms with Gasteiger partial charge < -0.3 is 5.32 Å². The third kappa shape index (κ3) is 2.31. The van der Waals surface area contributed by atoms with Crippen LogP contribution in [0.5, 0.6) is 0 Å². The molecule has 0 aliphatic carbocycles. The molecule has 0 saturated heterocycles. The van der Waals surface area contributed by atoms with Crippen LogP contribution in [-0.2, 0) is 0 Å². The van der Waals surface area contributed by atoms with Gasteiger partial charge in [-0.1, -0.05) is 6.92 Å². The standard InChI is InChI=1S/C7H10N2OS/c1-2-3-8-7(10)6-4-11-5-9-6/h4-5H,2-3H2,1H3,(H,8,10). The van der Waals surface area contributed by atoms with Crippen LogP contribution in [0, 0.1) is 0 Å². The third-order valence-electron chi connectivity index (χ3n) is 1.20. The van der Waals surface area contributed by atoms with Gasteiger partial charge in [0.15, 0.2) is 0 Å². The molecule has 1 heterocycles. The van der Waals surface area contributed by atoms with Crippen molar-refractivity contribution < 1.29 is 4.79 Å². The molecule has 0 bridgehead atoms. The van der Waals surface area contributed by atoms with Gasteiger partial charge in [-0.3, -0.25) is 4.79 Å². The molecule has 0 aliphatic heterocycles. The molecule has 11 heavy (non-hydrogen) atoms. The summed E-state index contributed by atoms with van der Waals surface area (Å²) in [6.07, 6.45) is 0.954. The van der Waals surface area contributed by atoms with Crippen LogP contribution in [-0.4, -0.2) is 17.4 Å². The van der Waals surface area contributed by atoms with E-state index in [2.05, 4.69) is 10.3 Å². The third-order valence-corrected chi connectivity index (χ3v) is 1.79. The first-order chi connectivity index (χ1) is 5.34. The molecule has 1 aromatic heterocycles. The largest absolute Gasteiger partial charge is 0.351 e. The lowest BCUT2D eigenvalue weighted by Crippen LogP contribution is -2.24. The van der Waals surface area contributed by atoms with Crippen LogP contribution in [0.3, 0.4) is 0 Å². The number of carbonyl (C=O) groups excluding carboxylic acids is 1. The number of hydrogen-bond donors (Lipinski definition) is 1. The Kier molecular flexibility index (Phi) is 3.04. The van der Waals surface area contributed by atoms with Crippen LogP contribution < -0.4 is 5.32 Å². The van der Waals surface area contributed by atoms with E-state index < -0.39 is 0 Å². The SMILES string of the molecule is CCCNC(=O)c1cscn1. The topological polar surface area (TPSA) is 42.0 Å². The number of hydrogen-bond acceptors (Lipinski definition) is 3. The highest BCUT2D eigenvalue weighted by molar-refractivity contribution is 7.07. The number of aromatic nitrogens is 1. The number of rotatable bonds is 3. The van der Waals surface area contributed by atoms with Gasteiger partial charge >= 0.3 is 0 Å².